The molecular weight excluding hydrogens is 574 g/mol. The van der Waals surface area contributed by atoms with E-state index in [0.29, 0.717) is 39.5 Å². The van der Waals surface area contributed by atoms with Gasteiger partial charge in [-0.05, 0) is 34.4 Å². The number of nitrogens with zero attached hydrogens (tertiary/aromatic N) is 1. The zero-order valence-corrected chi connectivity index (χ0v) is 26.0. The topological polar surface area (TPSA) is 59.0 Å². The monoisotopic (exact) mass is 615 g/mol. The van der Waals surface area contributed by atoms with E-state index >= 15 is 0 Å². The maximum atomic E-state index is 6.92. The molecule has 6 heteroatoms. The number of hydrogen-bond donors (Lipinski definition) is 0. The van der Waals surface area contributed by atoms with Gasteiger partial charge in [-0.3, -0.25) is 4.98 Å². The first-order valence-corrected chi connectivity index (χ1v) is 16.0. The van der Waals surface area contributed by atoms with Crippen LogP contribution in [0, 0.1) is 0 Å². The lowest BCUT2D eigenvalue weighted by Crippen LogP contribution is -2.61. The normalized spacial score (nSPS) is 21.2. The van der Waals surface area contributed by atoms with Crippen LogP contribution in [-0.2, 0) is 56.5 Å². The molecule has 0 N–H and O–H groups in total. The predicted octanol–water partition coefficient (Wildman–Crippen LogP) is 7.36. The molecule has 0 saturated carbocycles. The van der Waals surface area contributed by atoms with Gasteiger partial charge in [-0.2, -0.15) is 0 Å². The fourth-order valence-electron chi connectivity index (χ4n) is 5.77. The van der Waals surface area contributed by atoms with Crippen molar-refractivity contribution in [1.82, 2.24) is 4.98 Å². The number of ether oxygens (including phenoxy) is 5. The van der Waals surface area contributed by atoms with Crippen LogP contribution >= 0.6 is 0 Å². The van der Waals surface area contributed by atoms with Crippen molar-refractivity contribution in [2.75, 3.05) is 6.61 Å². The van der Waals surface area contributed by atoms with E-state index < -0.39 is 24.4 Å². The van der Waals surface area contributed by atoms with Gasteiger partial charge in [0.2, 0.25) is 0 Å². The molecule has 0 bridgehead atoms. The second kappa shape index (κ2) is 16.9. The Morgan fingerprint density at radius 1 is 0.457 bits per heavy atom. The molecule has 6 rings (SSSR count). The van der Waals surface area contributed by atoms with Gasteiger partial charge < -0.3 is 23.7 Å². The van der Waals surface area contributed by atoms with Gasteiger partial charge in [-0.25, -0.2) is 0 Å². The summed E-state index contributed by atoms with van der Waals surface area (Å²) in [6.07, 6.45) is 0.289. The number of pyridine rings is 1. The maximum absolute atomic E-state index is 6.92. The maximum Gasteiger partial charge on any atom is 0.115 e. The van der Waals surface area contributed by atoms with E-state index in [1.807, 2.05) is 97.2 Å². The van der Waals surface area contributed by atoms with Crippen molar-refractivity contribution in [2.24, 2.45) is 0 Å². The van der Waals surface area contributed by atoms with Gasteiger partial charge in [0.25, 0.3) is 0 Å². The Labute approximate surface area is 271 Å². The second-order valence-electron chi connectivity index (χ2n) is 11.5. The van der Waals surface area contributed by atoms with Crippen molar-refractivity contribution >= 4 is 0 Å². The SMILES string of the molecule is c1ccc(COC[C@H]2O[C@@H](Cc3ccccn3)[C@H](OCc3ccccc3)[C@@H](OCc3ccccc3)[C@@H]2OCc2ccccc2)cc1. The van der Waals surface area contributed by atoms with Crippen LogP contribution in [0.1, 0.15) is 27.9 Å². The van der Waals surface area contributed by atoms with Gasteiger partial charge >= 0.3 is 0 Å². The van der Waals surface area contributed by atoms with Gasteiger partial charge in [0.05, 0.1) is 39.1 Å². The Morgan fingerprint density at radius 2 is 0.891 bits per heavy atom. The van der Waals surface area contributed by atoms with Gasteiger partial charge in [0.15, 0.2) is 0 Å². The van der Waals surface area contributed by atoms with Gasteiger partial charge in [-0.15, -0.1) is 0 Å². The molecule has 0 unspecified atom stereocenters. The highest BCUT2D eigenvalue weighted by Crippen LogP contribution is 2.32. The van der Waals surface area contributed by atoms with Gasteiger partial charge in [0.1, 0.15) is 24.4 Å². The quantitative estimate of drug-likeness (QED) is 0.123. The van der Waals surface area contributed by atoms with E-state index in [0.717, 1.165) is 27.9 Å². The Bertz CT molecular complexity index is 1540. The summed E-state index contributed by atoms with van der Waals surface area (Å²) in [5, 5.41) is 0. The molecule has 5 aromatic rings. The minimum absolute atomic E-state index is 0.337. The first kappa shape index (κ1) is 31.8. The first-order chi connectivity index (χ1) is 22.8. The minimum Gasteiger partial charge on any atom is -0.374 e. The van der Waals surface area contributed by atoms with Crippen molar-refractivity contribution in [3.8, 4) is 0 Å². The highest BCUT2D eigenvalue weighted by Gasteiger charge is 2.48. The fraction of sp³-hybridized carbons (Fsp3) is 0.275. The Morgan fingerprint density at radius 3 is 1.37 bits per heavy atom. The van der Waals surface area contributed by atoms with Crippen molar-refractivity contribution in [3.05, 3.63) is 174 Å². The van der Waals surface area contributed by atoms with E-state index in [9.17, 15) is 0 Å². The molecule has 1 fully saturated rings. The van der Waals surface area contributed by atoms with E-state index in [4.69, 9.17) is 23.7 Å². The molecule has 0 radical (unpaired) electrons. The summed E-state index contributed by atoms with van der Waals surface area (Å²) in [7, 11) is 0. The second-order valence-corrected chi connectivity index (χ2v) is 11.5. The molecule has 1 aromatic heterocycles. The lowest BCUT2D eigenvalue weighted by molar-refractivity contribution is -0.272. The summed E-state index contributed by atoms with van der Waals surface area (Å²) >= 11 is 0. The van der Waals surface area contributed by atoms with Gasteiger partial charge in [0, 0.05) is 18.3 Å². The van der Waals surface area contributed by atoms with Crippen molar-refractivity contribution in [3.63, 3.8) is 0 Å². The summed E-state index contributed by atoms with van der Waals surface area (Å²) in [4.78, 5) is 4.63. The molecule has 4 aromatic carbocycles. The molecule has 0 spiro atoms. The van der Waals surface area contributed by atoms with E-state index in [1.165, 1.54) is 0 Å². The van der Waals surface area contributed by atoms with Crippen LogP contribution in [0.5, 0.6) is 0 Å². The van der Waals surface area contributed by atoms with E-state index in [-0.39, 0.29) is 6.10 Å². The standard InChI is InChI=1S/C40H41NO5/c1-5-15-31(16-6-1)26-42-30-37-39(44-28-33-19-9-3-10-20-33)40(45-29-34-21-11-4-12-22-34)38(43-27-32-17-7-2-8-18-32)36(46-37)25-35-23-13-14-24-41-35/h1-24,36-40H,25-30H2/t36-,37+,38-,39+,40+/m0/s1. The molecular formula is C40H41NO5. The van der Waals surface area contributed by atoms with Crippen LogP contribution in [0.25, 0.3) is 0 Å². The molecule has 1 saturated heterocycles. The highest BCUT2D eigenvalue weighted by molar-refractivity contribution is 5.17. The van der Waals surface area contributed by atoms with Crippen LogP contribution in [0.15, 0.2) is 146 Å². The van der Waals surface area contributed by atoms with E-state index in [2.05, 4.69) is 53.5 Å². The number of hydrogen-bond acceptors (Lipinski definition) is 6. The van der Waals surface area contributed by atoms with E-state index in [1.54, 1.807) is 0 Å². The Kier molecular flexibility index (Phi) is 11.7. The van der Waals surface area contributed by atoms with Crippen molar-refractivity contribution in [1.29, 1.82) is 0 Å². The molecule has 1 aliphatic heterocycles. The third-order valence-electron chi connectivity index (χ3n) is 8.12. The lowest BCUT2D eigenvalue weighted by atomic mass is 9.91. The molecule has 0 amide bonds. The molecule has 6 nitrogen and oxygen atoms in total. The average molecular weight is 616 g/mol. The van der Waals surface area contributed by atoms with Crippen LogP contribution in [0.2, 0.25) is 0 Å². The first-order valence-electron chi connectivity index (χ1n) is 16.0. The van der Waals surface area contributed by atoms with Crippen LogP contribution < -0.4 is 0 Å². The van der Waals surface area contributed by atoms with Crippen LogP contribution in [0.3, 0.4) is 0 Å². The summed E-state index contributed by atoms with van der Waals surface area (Å²) in [6, 6.07) is 46.7. The highest BCUT2D eigenvalue weighted by atomic mass is 16.6. The number of aromatic nitrogens is 1. The lowest BCUT2D eigenvalue weighted by Gasteiger charge is -2.46. The smallest absolute Gasteiger partial charge is 0.115 e. The van der Waals surface area contributed by atoms with Gasteiger partial charge in [-0.1, -0.05) is 127 Å². The zero-order chi connectivity index (χ0) is 31.2. The summed E-state index contributed by atoms with van der Waals surface area (Å²) in [5.74, 6) is 0. The molecule has 46 heavy (non-hydrogen) atoms. The molecule has 0 aliphatic carbocycles. The Hall–Kier alpha value is -4.17. The van der Waals surface area contributed by atoms with Crippen LogP contribution in [-0.4, -0.2) is 42.1 Å². The van der Waals surface area contributed by atoms with Crippen molar-refractivity contribution < 1.29 is 23.7 Å². The third kappa shape index (κ3) is 9.19. The zero-order valence-electron chi connectivity index (χ0n) is 26.0. The molecule has 1 aliphatic rings. The summed E-state index contributed by atoms with van der Waals surface area (Å²) in [6.45, 7) is 2.05. The average Bonchev–Trinajstić information content (AvgIpc) is 3.12. The Balaban J connectivity index is 1.31. The third-order valence-corrected chi connectivity index (χ3v) is 8.12. The minimum atomic E-state index is -0.458. The predicted molar refractivity (Wildman–Crippen MR) is 178 cm³/mol. The molecule has 5 atom stereocenters. The largest absolute Gasteiger partial charge is 0.374 e. The molecule has 236 valence electrons. The number of benzene rings is 4. The number of rotatable bonds is 15. The summed E-state index contributed by atoms with van der Waals surface area (Å²) in [5.41, 5.74) is 5.26. The van der Waals surface area contributed by atoms with Crippen molar-refractivity contribution in [2.45, 2.75) is 63.4 Å². The fourth-order valence-corrected chi connectivity index (χ4v) is 5.77. The molecule has 2 heterocycles. The van der Waals surface area contributed by atoms with Crippen LogP contribution in [0.4, 0.5) is 0 Å². The summed E-state index contributed by atoms with van der Waals surface area (Å²) < 4.78 is 33.5.